The zero-order valence-corrected chi connectivity index (χ0v) is 25.0. The third kappa shape index (κ3) is 3.68. The average Bonchev–Trinajstić information content (AvgIpc) is 3.75. The van der Waals surface area contributed by atoms with E-state index in [1.165, 1.54) is 53.2 Å². The van der Waals surface area contributed by atoms with E-state index in [9.17, 15) is 0 Å². The molecule has 3 heteroatoms. The molecule has 0 aliphatic carbocycles. The van der Waals surface area contributed by atoms with E-state index in [1.807, 2.05) is 11.3 Å². The molecule has 10 aromatic rings. The molecule has 210 valence electrons. The number of thiophene rings is 1. The molecule has 3 aromatic heterocycles. The highest BCUT2D eigenvalue weighted by molar-refractivity contribution is 7.25. The average molecular weight is 592 g/mol. The number of nitrogens with zero attached hydrogens (tertiary/aromatic N) is 1. The molecule has 0 bridgehead atoms. The van der Waals surface area contributed by atoms with Crippen LogP contribution in [0.3, 0.4) is 0 Å². The Morgan fingerprint density at radius 2 is 1.20 bits per heavy atom. The van der Waals surface area contributed by atoms with E-state index in [1.54, 1.807) is 0 Å². The number of para-hydroxylation sites is 2. The van der Waals surface area contributed by atoms with E-state index in [0.29, 0.717) is 0 Å². The van der Waals surface area contributed by atoms with Crippen molar-refractivity contribution in [2.45, 2.75) is 0 Å². The van der Waals surface area contributed by atoms with E-state index in [2.05, 4.69) is 156 Å². The third-order valence-corrected chi connectivity index (χ3v) is 10.3. The highest BCUT2D eigenvalue weighted by Gasteiger charge is 2.21. The van der Waals surface area contributed by atoms with E-state index in [0.717, 1.165) is 38.7 Å². The lowest BCUT2D eigenvalue weighted by Gasteiger charge is -2.10. The van der Waals surface area contributed by atoms with Gasteiger partial charge in [-0.1, -0.05) is 103 Å². The number of aromatic nitrogens is 1. The van der Waals surface area contributed by atoms with Crippen LogP contribution in [0.1, 0.15) is 0 Å². The summed E-state index contributed by atoms with van der Waals surface area (Å²) in [4.78, 5) is 0. The van der Waals surface area contributed by atoms with Crippen LogP contribution in [0.4, 0.5) is 0 Å². The lowest BCUT2D eigenvalue weighted by molar-refractivity contribution is 0.673. The Labute approximate surface area is 263 Å². The second-order valence-corrected chi connectivity index (χ2v) is 12.8. The summed E-state index contributed by atoms with van der Waals surface area (Å²) in [5, 5.41) is 7.51. The van der Waals surface area contributed by atoms with Crippen LogP contribution in [0.5, 0.6) is 0 Å². The standard InChI is InChI=1S/C42H25NOS/c1-2-11-31(12-3-1)43-36-15-7-6-13-34(36)42-41(43)40-32(14-8-16-37(40)44-42)27-19-17-26(18-20-27)30-21-22-33-35-23-28-9-4-5-10-29(28)24-39(35)45-38(33)25-30/h1-25H. The van der Waals surface area contributed by atoms with Gasteiger partial charge >= 0.3 is 0 Å². The van der Waals surface area contributed by atoms with Crippen molar-refractivity contribution < 1.29 is 4.42 Å². The molecule has 3 heterocycles. The molecule has 2 nitrogen and oxygen atoms in total. The summed E-state index contributed by atoms with van der Waals surface area (Å²) < 4.78 is 11.6. The summed E-state index contributed by atoms with van der Waals surface area (Å²) >= 11 is 1.88. The van der Waals surface area contributed by atoms with Crippen LogP contribution >= 0.6 is 11.3 Å². The summed E-state index contributed by atoms with van der Waals surface area (Å²) in [5.41, 5.74) is 10.0. The molecule has 0 unspecified atom stereocenters. The molecule has 0 radical (unpaired) electrons. The number of rotatable bonds is 3. The van der Waals surface area contributed by atoms with Crippen LogP contribution in [0.25, 0.3) is 91.9 Å². The summed E-state index contributed by atoms with van der Waals surface area (Å²) in [7, 11) is 0. The molecular formula is C42H25NOS. The minimum Gasteiger partial charge on any atom is -0.454 e. The van der Waals surface area contributed by atoms with Gasteiger partial charge in [0.05, 0.1) is 10.9 Å². The third-order valence-electron chi connectivity index (χ3n) is 9.19. The van der Waals surface area contributed by atoms with Gasteiger partial charge in [-0.2, -0.15) is 0 Å². The highest BCUT2D eigenvalue weighted by Crippen LogP contribution is 2.43. The smallest absolute Gasteiger partial charge is 0.161 e. The molecule has 45 heavy (non-hydrogen) atoms. The molecule has 0 saturated carbocycles. The Kier molecular flexibility index (Phi) is 5.19. The fraction of sp³-hybridized carbons (Fsp3) is 0. The van der Waals surface area contributed by atoms with Gasteiger partial charge in [0, 0.05) is 31.2 Å². The first kappa shape index (κ1) is 24.8. The number of benzene rings is 7. The minimum absolute atomic E-state index is 0.903. The van der Waals surface area contributed by atoms with E-state index < -0.39 is 0 Å². The molecule has 0 atom stereocenters. The van der Waals surface area contributed by atoms with Crippen molar-refractivity contribution in [1.82, 2.24) is 4.57 Å². The Hall–Kier alpha value is -5.64. The lowest BCUT2D eigenvalue weighted by atomic mass is 9.97. The summed E-state index contributed by atoms with van der Waals surface area (Å²) in [6.45, 7) is 0. The first-order valence-electron chi connectivity index (χ1n) is 15.3. The highest BCUT2D eigenvalue weighted by atomic mass is 32.1. The quantitative estimate of drug-likeness (QED) is 0.200. The fourth-order valence-corrected chi connectivity index (χ4v) is 8.25. The Morgan fingerprint density at radius 1 is 0.489 bits per heavy atom. The minimum atomic E-state index is 0.903. The van der Waals surface area contributed by atoms with Gasteiger partial charge in [0.2, 0.25) is 0 Å². The van der Waals surface area contributed by atoms with Crippen LogP contribution in [0.15, 0.2) is 156 Å². The Balaban J connectivity index is 1.12. The maximum Gasteiger partial charge on any atom is 0.161 e. The summed E-state index contributed by atoms with van der Waals surface area (Å²) in [5.74, 6) is 0. The second kappa shape index (κ2) is 9.43. The molecule has 0 N–H and O–H groups in total. The SMILES string of the molecule is c1ccc(-n2c3ccccc3c3oc4cccc(-c5ccc(-c6ccc7c(c6)sc6cc8ccccc8cc67)cc5)c4c32)cc1. The molecule has 0 aliphatic heterocycles. The van der Waals surface area contributed by atoms with E-state index >= 15 is 0 Å². The van der Waals surface area contributed by atoms with Crippen molar-refractivity contribution in [1.29, 1.82) is 0 Å². The number of furan rings is 1. The van der Waals surface area contributed by atoms with E-state index in [-0.39, 0.29) is 0 Å². The molecule has 0 spiro atoms. The van der Waals surface area contributed by atoms with Crippen molar-refractivity contribution in [3.8, 4) is 27.9 Å². The van der Waals surface area contributed by atoms with Gasteiger partial charge in [0.25, 0.3) is 0 Å². The number of hydrogen-bond donors (Lipinski definition) is 0. The molecular weight excluding hydrogens is 567 g/mol. The molecule has 0 amide bonds. The monoisotopic (exact) mass is 591 g/mol. The Morgan fingerprint density at radius 3 is 2.07 bits per heavy atom. The van der Waals surface area contributed by atoms with Crippen LogP contribution < -0.4 is 0 Å². The Bertz CT molecular complexity index is 2740. The van der Waals surface area contributed by atoms with Crippen LogP contribution in [0, 0.1) is 0 Å². The first-order valence-corrected chi connectivity index (χ1v) is 16.1. The number of hydrogen-bond acceptors (Lipinski definition) is 2. The largest absolute Gasteiger partial charge is 0.454 e. The van der Waals surface area contributed by atoms with Crippen molar-refractivity contribution in [2.24, 2.45) is 0 Å². The lowest BCUT2D eigenvalue weighted by Crippen LogP contribution is -1.93. The van der Waals surface area contributed by atoms with Crippen molar-refractivity contribution >= 4 is 75.3 Å². The van der Waals surface area contributed by atoms with Crippen molar-refractivity contribution in [3.63, 3.8) is 0 Å². The van der Waals surface area contributed by atoms with Crippen LogP contribution in [-0.2, 0) is 0 Å². The molecule has 7 aromatic carbocycles. The van der Waals surface area contributed by atoms with Gasteiger partial charge in [0.15, 0.2) is 5.58 Å². The second-order valence-electron chi connectivity index (χ2n) is 11.7. The number of fused-ring (bicyclic) bond motifs is 9. The topological polar surface area (TPSA) is 18.1 Å². The van der Waals surface area contributed by atoms with Crippen molar-refractivity contribution in [3.05, 3.63) is 152 Å². The fourth-order valence-electron chi connectivity index (χ4n) is 7.08. The van der Waals surface area contributed by atoms with Gasteiger partial charge in [-0.25, -0.2) is 0 Å². The zero-order chi connectivity index (χ0) is 29.5. The molecule has 10 rings (SSSR count). The maximum absolute atomic E-state index is 6.59. The van der Waals surface area contributed by atoms with Gasteiger partial charge in [0.1, 0.15) is 11.1 Å². The van der Waals surface area contributed by atoms with Gasteiger partial charge in [-0.05, 0) is 81.6 Å². The summed E-state index contributed by atoms with van der Waals surface area (Å²) in [6.07, 6.45) is 0. The normalized spacial score (nSPS) is 12.0. The predicted molar refractivity (Wildman–Crippen MR) is 192 cm³/mol. The maximum atomic E-state index is 6.59. The van der Waals surface area contributed by atoms with Gasteiger partial charge < -0.3 is 8.98 Å². The molecule has 0 fully saturated rings. The predicted octanol–water partition coefficient (Wildman–Crippen LogP) is 12.4. The van der Waals surface area contributed by atoms with Crippen LogP contribution in [-0.4, -0.2) is 4.57 Å². The zero-order valence-electron chi connectivity index (χ0n) is 24.2. The van der Waals surface area contributed by atoms with Gasteiger partial charge in [-0.15, -0.1) is 11.3 Å². The van der Waals surface area contributed by atoms with Crippen LogP contribution in [0.2, 0.25) is 0 Å². The molecule has 0 aliphatic rings. The van der Waals surface area contributed by atoms with Crippen molar-refractivity contribution in [2.75, 3.05) is 0 Å². The van der Waals surface area contributed by atoms with E-state index in [4.69, 9.17) is 4.42 Å². The molecule has 0 saturated heterocycles. The van der Waals surface area contributed by atoms with Gasteiger partial charge in [-0.3, -0.25) is 0 Å². The first-order chi connectivity index (χ1) is 22.3. The summed E-state index contributed by atoms with van der Waals surface area (Å²) in [6, 6.07) is 54.7.